The highest BCUT2D eigenvalue weighted by atomic mass is 19.4. The van der Waals surface area contributed by atoms with E-state index >= 15 is 0 Å². The lowest BCUT2D eigenvalue weighted by Crippen LogP contribution is -2.54. The van der Waals surface area contributed by atoms with Gasteiger partial charge in [0.1, 0.15) is 5.82 Å². The van der Waals surface area contributed by atoms with Gasteiger partial charge in [0.05, 0.1) is 11.1 Å². The number of nitrogens with zero attached hydrogens (tertiary/aromatic N) is 2. The quantitative estimate of drug-likeness (QED) is 0.931. The lowest BCUT2D eigenvalue weighted by Gasteiger charge is -2.39. The number of amides is 1. The third kappa shape index (κ3) is 3.76. The number of carbonyl (C=O) groups is 1. The summed E-state index contributed by atoms with van der Waals surface area (Å²) in [5.74, 6) is -0.134. The SMILES string of the molecule is CC(C)(C(=O)Nc1ccc(C(F)(F)F)cn1)N1CCCCC1. The number of aromatic nitrogens is 1. The molecular formula is C15H20F3N3O. The minimum atomic E-state index is -4.43. The van der Waals surface area contributed by atoms with E-state index < -0.39 is 17.3 Å². The van der Waals surface area contributed by atoms with Crippen LogP contribution < -0.4 is 5.32 Å². The van der Waals surface area contributed by atoms with Crippen LogP contribution in [0.4, 0.5) is 19.0 Å². The summed E-state index contributed by atoms with van der Waals surface area (Å²) in [6.45, 7) is 5.33. The van der Waals surface area contributed by atoms with Crippen LogP contribution in [0.5, 0.6) is 0 Å². The molecule has 0 spiro atoms. The Hall–Kier alpha value is -1.63. The summed E-state index contributed by atoms with van der Waals surface area (Å²) < 4.78 is 37.4. The molecule has 0 saturated carbocycles. The van der Waals surface area contributed by atoms with Crippen molar-refractivity contribution in [1.29, 1.82) is 0 Å². The molecule has 1 aliphatic heterocycles. The maximum Gasteiger partial charge on any atom is 0.417 e. The molecule has 2 heterocycles. The highest BCUT2D eigenvalue weighted by Crippen LogP contribution is 2.29. The van der Waals surface area contributed by atoms with Gasteiger partial charge in [0.15, 0.2) is 0 Å². The summed E-state index contributed by atoms with van der Waals surface area (Å²) in [4.78, 5) is 18.2. The molecule has 0 radical (unpaired) electrons. The Bertz CT molecular complexity index is 520. The van der Waals surface area contributed by atoms with Crippen LogP contribution in [-0.4, -0.2) is 34.4 Å². The fraction of sp³-hybridized carbons (Fsp3) is 0.600. The second kappa shape index (κ2) is 6.24. The summed E-state index contributed by atoms with van der Waals surface area (Å²) in [5, 5.41) is 2.60. The van der Waals surface area contributed by atoms with E-state index in [1.807, 2.05) is 13.8 Å². The molecule has 1 aliphatic rings. The Morgan fingerprint density at radius 3 is 2.32 bits per heavy atom. The molecule has 0 unspecified atom stereocenters. The van der Waals surface area contributed by atoms with Gasteiger partial charge < -0.3 is 5.32 Å². The first kappa shape index (κ1) is 16.7. The van der Waals surface area contributed by atoms with Crippen molar-refractivity contribution in [2.75, 3.05) is 18.4 Å². The number of halogens is 3. The number of carbonyl (C=O) groups excluding carboxylic acids is 1. The number of pyridine rings is 1. The lowest BCUT2D eigenvalue weighted by molar-refractivity contribution is -0.137. The van der Waals surface area contributed by atoms with Gasteiger partial charge in [-0.2, -0.15) is 13.2 Å². The molecule has 1 aromatic heterocycles. The maximum atomic E-state index is 12.5. The molecule has 0 aliphatic carbocycles. The van der Waals surface area contributed by atoms with Crippen LogP contribution in [0.25, 0.3) is 0 Å². The van der Waals surface area contributed by atoms with E-state index in [1.54, 1.807) is 0 Å². The van der Waals surface area contributed by atoms with Crippen LogP contribution in [0, 0.1) is 0 Å². The van der Waals surface area contributed by atoms with E-state index in [-0.39, 0.29) is 11.7 Å². The van der Waals surface area contributed by atoms with E-state index in [1.165, 1.54) is 6.07 Å². The number of anilines is 1. The van der Waals surface area contributed by atoms with Crippen LogP contribution in [0.15, 0.2) is 18.3 Å². The van der Waals surface area contributed by atoms with E-state index in [0.29, 0.717) is 0 Å². The van der Waals surface area contributed by atoms with Crippen molar-refractivity contribution in [1.82, 2.24) is 9.88 Å². The fourth-order valence-electron chi connectivity index (χ4n) is 2.50. The Morgan fingerprint density at radius 1 is 1.18 bits per heavy atom. The molecule has 1 aromatic rings. The average molecular weight is 315 g/mol. The predicted octanol–water partition coefficient (Wildman–Crippen LogP) is 3.30. The first-order valence-corrected chi connectivity index (χ1v) is 7.31. The number of hydrogen-bond donors (Lipinski definition) is 1. The summed E-state index contributed by atoms with van der Waals surface area (Å²) in [6, 6.07) is 2.09. The first-order valence-electron chi connectivity index (χ1n) is 7.31. The van der Waals surface area contributed by atoms with Gasteiger partial charge in [0.2, 0.25) is 5.91 Å². The first-order chi connectivity index (χ1) is 10.2. The van der Waals surface area contributed by atoms with E-state index in [2.05, 4.69) is 15.2 Å². The molecule has 1 N–H and O–H groups in total. The average Bonchev–Trinajstić information content (AvgIpc) is 2.47. The van der Waals surface area contributed by atoms with Gasteiger partial charge >= 0.3 is 6.18 Å². The molecular weight excluding hydrogens is 295 g/mol. The Kier molecular flexibility index (Phi) is 4.75. The molecule has 2 rings (SSSR count). The number of likely N-dealkylation sites (tertiary alicyclic amines) is 1. The second-order valence-electron chi connectivity index (χ2n) is 5.99. The fourth-order valence-corrected chi connectivity index (χ4v) is 2.50. The van der Waals surface area contributed by atoms with E-state index in [4.69, 9.17) is 0 Å². The van der Waals surface area contributed by atoms with Gasteiger partial charge in [-0.3, -0.25) is 9.69 Å². The number of alkyl halides is 3. The van der Waals surface area contributed by atoms with Crippen molar-refractivity contribution in [2.24, 2.45) is 0 Å². The van der Waals surface area contributed by atoms with E-state index in [9.17, 15) is 18.0 Å². The van der Waals surface area contributed by atoms with Gasteiger partial charge in [-0.05, 0) is 51.9 Å². The van der Waals surface area contributed by atoms with Crippen LogP contribution >= 0.6 is 0 Å². The Morgan fingerprint density at radius 2 is 1.82 bits per heavy atom. The normalized spacial score (nSPS) is 17.3. The van der Waals surface area contributed by atoms with Crippen LogP contribution in [0.3, 0.4) is 0 Å². The summed E-state index contributed by atoms with van der Waals surface area (Å²) in [6.07, 6.45) is -0.439. The molecule has 1 saturated heterocycles. The van der Waals surface area contributed by atoms with Crippen molar-refractivity contribution < 1.29 is 18.0 Å². The molecule has 7 heteroatoms. The molecule has 1 fully saturated rings. The number of nitrogens with one attached hydrogen (secondary N) is 1. The van der Waals surface area contributed by atoms with Crippen LogP contribution in [0.2, 0.25) is 0 Å². The number of rotatable bonds is 3. The summed E-state index contributed by atoms with van der Waals surface area (Å²) in [7, 11) is 0. The Labute approximate surface area is 127 Å². The third-order valence-corrected chi connectivity index (χ3v) is 4.03. The smallest absolute Gasteiger partial charge is 0.309 e. The molecule has 122 valence electrons. The minimum Gasteiger partial charge on any atom is -0.309 e. The second-order valence-corrected chi connectivity index (χ2v) is 5.99. The Balaban J connectivity index is 2.04. The highest BCUT2D eigenvalue weighted by Gasteiger charge is 2.35. The molecule has 0 atom stereocenters. The monoisotopic (exact) mass is 315 g/mol. The zero-order valence-electron chi connectivity index (χ0n) is 12.7. The summed E-state index contributed by atoms with van der Waals surface area (Å²) in [5.41, 5.74) is -1.55. The zero-order chi connectivity index (χ0) is 16.4. The predicted molar refractivity (Wildman–Crippen MR) is 77.4 cm³/mol. The van der Waals surface area contributed by atoms with Crippen LogP contribution in [0.1, 0.15) is 38.7 Å². The molecule has 0 aromatic carbocycles. The molecule has 4 nitrogen and oxygen atoms in total. The number of hydrogen-bond acceptors (Lipinski definition) is 3. The van der Waals surface area contributed by atoms with Gasteiger partial charge in [-0.1, -0.05) is 6.42 Å². The lowest BCUT2D eigenvalue weighted by atomic mass is 9.97. The maximum absolute atomic E-state index is 12.5. The van der Waals surface area contributed by atoms with Crippen molar-refractivity contribution >= 4 is 11.7 Å². The highest BCUT2D eigenvalue weighted by molar-refractivity contribution is 5.96. The van der Waals surface area contributed by atoms with Crippen molar-refractivity contribution in [3.05, 3.63) is 23.9 Å². The van der Waals surface area contributed by atoms with Crippen molar-refractivity contribution in [3.8, 4) is 0 Å². The zero-order valence-corrected chi connectivity index (χ0v) is 12.7. The van der Waals surface area contributed by atoms with Gasteiger partial charge in [-0.15, -0.1) is 0 Å². The van der Waals surface area contributed by atoms with Gasteiger partial charge in [0.25, 0.3) is 0 Å². The van der Waals surface area contributed by atoms with Crippen molar-refractivity contribution in [3.63, 3.8) is 0 Å². The van der Waals surface area contributed by atoms with Gasteiger partial charge in [-0.25, -0.2) is 4.98 Å². The largest absolute Gasteiger partial charge is 0.417 e. The topological polar surface area (TPSA) is 45.2 Å². The van der Waals surface area contributed by atoms with Crippen molar-refractivity contribution in [2.45, 2.75) is 44.8 Å². The standard InChI is InChI=1S/C15H20F3N3O/c1-14(2,21-8-4-3-5-9-21)13(22)20-12-7-6-11(10-19-12)15(16,17)18/h6-7,10H,3-5,8-9H2,1-2H3,(H,19,20,22). The van der Waals surface area contributed by atoms with Crippen LogP contribution in [-0.2, 0) is 11.0 Å². The van der Waals surface area contributed by atoms with E-state index in [0.717, 1.165) is 44.6 Å². The number of piperidine rings is 1. The summed E-state index contributed by atoms with van der Waals surface area (Å²) >= 11 is 0. The molecule has 22 heavy (non-hydrogen) atoms. The molecule has 0 bridgehead atoms. The minimum absolute atomic E-state index is 0.128. The van der Waals surface area contributed by atoms with Gasteiger partial charge in [0, 0.05) is 6.20 Å². The third-order valence-electron chi connectivity index (χ3n) is 4.03. The molecule has 1 amide bonds.